The molecule has 23 heteroatoms. The predicted octanol–water partition coefficient (Wildman–Crippen LogP) is 23.9. The average molecular weight is 1870 g/mol. The van der Waals surface area contributed by atoms with E-state index in [1.165, 1.54) is 122 Å². The number of carbonyl (C=O) groups excluding carboxylic acids is 2. The van der Waals surface area contributed by atoms with Crippen molar-refractivity contribution in [2.75, 3.05) is 95.0 Å². The number of imidazole rings is 1. The van der Waals surface area contributed by atoms with Crippen LogP contribution in [0, 0.1) is 16.0 Å². The average Bonchev–Trinajstić information content (AvgIpc) is 1.63. The smallest absolute Gasteiger partial charge is 0.326 e. The van der Waals surface area contributed by atoms with Gasteiger partial charge in [0.15, 0.2) is 5.76 Å². The van der Waals surface area contributed by atoms with Crippen molar-refractivity contribution in [2.24, 2.45) is 5.92 Å². The first-order valence-corrected chi connectivity index (χ1v) is 52.2. The Morgan fingerprint density at radius 1 is 0.594 bits per heavy atom. The molecule has 3 atom stereocenters. The Bertz CT molecular complexity index is 4620. The van der Waals surface area contributed by atoms with E-state index in [1.807, 2.05) is 134 Å². The number of likely N-dealkylation sites (tertiary alicyclic amines) is 3. The molecule has 2 amide bonds. The summed E-state index contributed by atoms with van der Waals surface area (Å²) in [4.78, 5) is 71.5. The second-order valence-electron chi connectivity index (χ2n) is 41.2. The van der Waals surface area contributed by atoms with E-state index in [9.17, 15) is 29.6 Å². The molecule has 8 heterocycles. The molecule has 133 heavy (non-hydrogen) atoms. The predicted molar refractivity (Wildman–Crippen MR) is 558 cm³/mol. The number of non-ortho nitro benzene ring substituents is 1. The van der Waals surface area contributed by atoms with Crippen molar-refractivity contribution in [3.05, 3.63) is 195 Å². The van der Waals surface area contributed by atoms with E-state index in [4.69, 9.17) is 21.0 Å². The number of carbonyl (C=O) groups is 2. The largest absolute Gasteiger partial charge is 0.431 e. The van der Waals surface area contributed by atoms with Crippen molar-refractivity contribution in [2.45, 2.75) is 354 Å². The van der Waals surface area contributed by atoms with Gasteiger partial charge in [-0.15, -0.1) is 0 Å². The molecule has 7 fully saturated rings. The van der Waals surface area contributed by atoms with E-state index in [1.54, 1.807) is 23.9 Å². The van der Waals surface area contributed by atoms with Crippen LogP contribution >= 0.6 is 23.4 Å². The monoisotopic (exact) mass is 1870 g/mol. The molecule has 0 radical (unpaired) electrons. The second-order valence-corrected chi connectivity index (χ2v) is 43.4. The van der Waals surface area contributed by atoms with Crippen molar-refractivity contribution < 1.29 is 24.0 Å². The molecule has 5 N–H and O–H groups in total. The van der Waals surface area contributed by atoms with Gasteiger partial charge < -0.3 is 55.0 Å². The lowest BCUT2D eigenvalue weighted by molar-refractivity contribution is -0.384. The molecule has 8 aromatic rings. The van der Waals surface area contributed by atoms with Crippen molar-refractivity contribution >= 4 is 63.3 Å². The Balaban J connectivity index is 0.000000175. The summed E-state index contributed by atoms with van der Waals surface area (Å²) in [7, 11) is 0. The summed E-state index contributed by atoms with van der Waals surface area (Å²) in [6, 6.07) is 56.7. The second kappa shape index (κ2) is 54.3. The highest BCUT2D eigenvalue weighted by molar-refractivity contribution is 8.00. The fraction of sp³-hybridized carbons (Fsp3) is 0.618. The molecule has 7 aliphatic rings. The molecular formula is C110H169ClN14O7S. The third kappa shape index (κ3) is 34.1. The maximum Gasteiger partial charge on any atom is 0.326 e. The number of unbranched alkanes of at least 4 members (excludes halogenated alkanes) is 10. The van der Waals surface area contributed by atoms with E-state index in [0.717, 1.165) is 178 Å². The molecule has 6 aliphatic heterocycles. The fourth-order valence-electron chi connectivity index (χ4n) is 19.5. The number of amides is 2. The third-order valence-electron chi connectivity index (χ3n) is 27.7. The van der Waals surface area contributed by atoms with E-state index in [0.29, 0.717) is 42.1 Å². The molecule has 1 spiro atoms. The van der Waals surface area contributed by atoms with Crippen molar-refractivity contribution in [1.29, 1.82) is 0 Å². The molecule has 1 aliphatic carbocycles. The number of halogens is 1. The standard InChI is InChI=1S/C19H19NOS.C19H41N.C17H25N3O.C15H21N3O.C14H20ClNO.C13H19N3O2.C13H24N2O/c1-19(2,3)22-18-20-16(14-10-6-4-7-11-14)17(21-18)15-12-8-5-9-13-15;1-5-7-9-11-13-15-17-20(19(3)4)18-16-14-12-10-8-6-2;1-16(2,3)19-11-9-17(10-12-19)15(21)18-13-20(17)14-7-5-4-6-8-14;1-11(2)17-9-7-12(8-10-17)18-14-6-4-3-5-13(14)16-15(18)19;1-11(2)16-9-7-14(17,8-10-16)12-3-5-13(15)6-4-12;1-11(2)14-7-9-15(10-8-14)12-3-5-13(6-4-12)16(17)18;1-9(2)14-13(16)12-8-7-10-5-3-4-6-11(10)15-12/h4-13H,1-3H3;19H,5-18H2,1-4H3;4-8H,9-13H2,1-3H3,(H,18,21);3-6,11-12H,7-10H2,1-2H3,(H,16,19);3-6,11,17H,7-10H2,1-2H3;3-6,11H,7-10H2,1-2H3;9-12,15H,3-8H2,1-2H3,(H,14,16)/t;;;;;;10-,11-,12-/m......1/s1. The zero-order chi connectivity index (χ0) is 96.3. The molecule has 15 rings (SSSR count). The molecule has 6 saturated heterocycles. The van der Waals surface area contributed by atoms with Crippen molar-refractivity contribution in [1.82, 2.24) is 55.0 Å². The fourth-order valence-corrected chi connectivity index (χ4v) is 20.4. The van der Waals surface area contributed by atoms with E-state index in [-0.39, 0.29) is 56.0 Å². The van der Waals surface area contributed by atoms with Crippen LogP contribution in [0.5, 0.6) is 0 Å². The molecule has 2 aromatic heterocycles. The summed E-state index contributed by atoms with van der Waals surface area (Å²) in [6.45, 7) is 53.2. The Morgan fingerprint density at radius 2 is 1.11 bits per heavy atom. The molecule has 0 bridgehead atoms. The number of piperazine rings is 1. The number of rotatable bonds is 28. The number of H-pyrrole nitrogens is 1. The van der Waals surface area contributed by atoms with Gasteiger partial charge in [0.25, 0.3) is 10.9 Å². The van der Waals surface area contributed by atoms with Gasteiger partial charge in [-0.05, 0) is 240 Å². The summed E-state index contributed by atoms with van der Waals surface area (Å²) in [5.74, 6) is 2.05. The number of hydrogen-bond acceptors (Lipinski definition) is 17. The normalized spacial score (nSPS) is 19.0. The Hall–Kier alpha value is -7.90. The van der Waals surface area contributed by atoms with Crippen LogP contribution in [0.25, 0.3) is 33.6 Å². The number of thioether (sulfide) groups is 1. The lowest BCUT2D eigenvalue weighted by Crippen LogP contribution is -2.59. The highest BCUT2D eigenvalue weighted by Crippen LogP contribution is 2.42. The maximum atomic E-state index is 12.5. The summed E-state index contributed by atoms with van der Waals surface area (Å²) in [5, 5.41) is 32.3. The first-order chi connectivity index (χ1) is 63.6. The SMILES string of the molecule is CC(C)(C)N1CCC2(CC1)C(=O)NCN2c1ccccc1.CC(C)(C)Sc1nc(-c2ccccc2)c(-c2ccccc2)o1.CC(C)N1CCC(O)(c2ccc(Cl)cc2)CC1.CC(C)N1CCC(n2c(=O)[nH]c3ccccc32)CC1.CC(C)N1CCN(c2ccc([N+](=O)[O-])cc2)CC1.CC(C)NC(=O)[C@H]1CC[C@H]2CCCC[C@H]2N1.CCCCCCCCN(CCCCCCCC)C(C)C. The Morgan fingerprint density at radius 3 is 1.65 bits per heavy atom. The minimum atomic E-state index is -0.671. The Kier molecular flexibility index (Phi) is 44.4. The van der Waals surface area contributed by atoms with Gasteiger partial charge in [0.1, 0.15) is 11.2 Å². The van der Waals surface area contributed by atoms with Crippen LogP contribution in [0.1, 0.15) is 290 Å². The highest BCUT2D eigenvalue weighted by Gasteiger charge is 2.51. The number of aromatic amines is 1. The molecule has 0 unspecified atom stereocenters. The number of fused-ring (bicyclic) bond motifs is 2. The van der Waals surface area contributed by atoms with Gasteiger partial charge in [-0.1, -0.05) is 238 Å². The summed E-state index contributed by atoms with van der Waals surface area (Å²) < 4.78 is 8.10. The topological polar surface area (TPSA) is 220 Å². The summed E-state index contributed by atoms with van der Waals surface area (Å²) in [5.41, 5.74) is 7.54. The maximum absolute atomic E-state index is 12.5. The van der Waals surface area contributed by atoms with Crippen LogP contribution in [0.4, 0.5) is 17.1 Å². The van der Waals surface area contributed by atoms with E-state index in [2.05, 4.69) is 202 Å². The first kappa shape index (κ1) is 109. The quantitative estimate of drug-likeness (QED) is 0.0133. The van der Waals surface area contributed by atoms with Gasteiger partial charge in [-0.3, -0.25) is 34.1 Å². The van der Waals surface area contributed by atoms with Gasteiger partial charge in [0.05, 0.1) is 34.3 Å². The van der Waals surface area contributed by atoms with Crippen molar-refractivity contribution in [3.63, 3.8) is 0 Å². The van der Waals surface area contributed by atoms with E-state index < -0.39 is 5.60 Å². The number of oxazole rings is 1. The highest BCUT2D eigenvalue weighted by atomic mass is 35.5. The van der Waals surface area contributed by atoms with Crippen LogP contribution in [0.3, 0.4) is 0 Å². The lowest BCUT2D eigenvalue weighted by atomic mass is 9.77. The van der Waals surface area contributed by atoms with Crippen LogP contribution in [-0.4, -0.2) is 204 Å². The van der Waals surface area contributed by atoms with Crippen molar-refractivity contribution in [3.8, 4) is 22.6 Å². The number of aliphatic hydroxyl groups is 1. The van der Waals surface area contributed by atoms with Gasteiger partial charge in [-0.2, -0.15) is 0 Å². The van der Waals surface area contributed by atoms with Gasteiger partial charge in [-0.25, -0.2) is 9.78 Å². The van der Waals surface area contributed by atoms with Gasteiger partial charge in [0.2, 0.25) is 11.8 Å². The zero-order valence-corrected chi connectivity index (χ0v) is 86.2. The molecular weight excluding hydrogens is 1700 g/mol. The number of aromatic nitrogens is 3. The number of nitro groups is 1. The summed E-state index contributed by atoms with van der Waals surface area (Å²) >= 11 is 7.52. The number of benzene rings is 6. The summed E-state index contributed by atoms with van der Waals surface area (Å²) in [6.07, 6.45) is 30.0. The molecule has 734 valence electrons. The number of hydrogen-bond donors (Lipinski definition) is 5. The first-order valence-electron chi connectivity index (χ1n) is 51.0. The third-order valence-corrected chi connectivity index (χ3v) is 28.9. The number of nitrogens with one attached hydrogen (secondary N) is 4. The number of nitro benzene ring substituents is 1. The zero-order valence-electron chi connectivity index (χ0n) is 84.6. The number of para-hydroxylation sites is 3. The van der Waals surface area contributed by atoms with E-state index >= 15 is 0 Å². The Labute approximate surface area is 809 Å². The molecule has 1 saturated carbocycles. The minimum absolute atomic E-state index is 0.0317. The van der Waals surface area contributed by atoms with Crippen LogP contribution in [0.15, 0.2) is 178 Å². The van der Waals surface area contributed by atoms with Gasteiger partial charge in [0, 0.05) is 158 Å². The number of piperidine rings is 4. The minimum Gasteiger partial charge on any atom is -0.431 e. The van der Waals surface area contributed by atoms with Crippen LogP contribution < -0.4 is 31.4 Å². The molecule has 6 aromatic carbocycles. The molecule has 21 nitrogen and oxygen atoms in total. The number of anilines is 2. The van der Waals surface area contributed by atoms with Crippen LogP contribution in [0.2, 0.25) is 5.02 Å². The van der Waals surface area contributed by atoms with Crippen LogP contribution in [-0.2, 0) is 15.2 Å². The van der Waals surface area contributed by atoms with Gasteiger partial charge >= 0.3 is 5.69 Å². The number of nitrogens with zero attached hydrogens (tertiary/aromatic N) is 10. The lowest BCUT2D eigenvalue weighted by Gasteiger charge is -2.47.